The van der Waals surface area contributed by atoms with Gasteiger partial charge in [0, 0.05) is 37.2 Å². The molecule has 0 unspecified atom stereocenters. The molecule has 2 aliphatic heterocycles. The number of aryl methyl sites for hydroxylation is 1. The molecule has 2 aromatic carbocycles. The number of nitriles is 1. The van der Waals surface area contributed by atoms with Gasteiger partial charge in [0.25, 0.3) is 5.91 Å². The highest BCUT2D eigenvalue weighted by Gasteiger charge is 2.31. The number of piperidine rings is 1. The number of carbonyl (C=O) groups is 2. The largest absolute Gasteiger partial charge is 0.444 e. The van der Waals surface area contributed by atoms with E-state index in [9.17, 15) is 9.59 Å². The summed E-state index contributed by atoms with van der Waals surface area (Å²) in [6.07, 6.45) is 5.68. The third kappa shape index (κ3) is 6.04. The van der Waals surface area contributed by atoms with Gasteiger partial charge in [-0.15, -0.1) is 0 Å². The van der Waals surface area contributed by atoms with Crippen LogP contribution in [0, 0.1) is 18.3 Å². The van der Waals surface area contributed by atoms with E-state index in [1.807, 2.05) is 49.9 Å². The second-order valence-electron chi connectivity index (χ2n) is 13.3. The summed E-state index contributed by atoms with van der Waals surface area (Å²) in [4.78, 5) is 38.9. The number of likely N-dealkylation sites (tertiary alicyclic amines) is 1. The van der Waals surface area contributed by atoms with Crippen LogP contribution in [-0.2, 0) is 17.7 Å². The molecule has 6 rings (SSSR count). The maximum absolute atomic E-state index is 13.9. The molecule has 1 saturated heterocycles. The quantitative estimate of drug-likeness (QED) is 0.365. The Morgan fingerprint density at radius 2 is 1.72 bits per heavy atom. The van der Waals surface area contributed by atoms with E-state index in [4.69, 9.17) is 15.0 Å². The smallest absolute Gasteiger partial charge is 0.410 e. The van der Waals surface area contributed by atoms with Gasteiger partial charge < -0.3 is 19.5 Å². The molecule has 0 radical (unpaired) electrons. The summed E-state index contributed by atoms with van der Waals surface area (Å²) in [6, 6.07) is 14.3. The van der Waals surface area contributed by atoms with E-state index in [0.717, 1.165) is 59.6 Å². The molecule has 0 bridgehead atoms. The third-order valence-electron chi connectivity index (χ3n) is 9.20. The molecule has 1 aromatic heterocycles. The molecule has 43 heavy (non-hydrogen) atoms. The molecule has 1 N–H and O–H groups in total. The minimum absolute atomic E-state index is 0.0737. The Morgan fingerprint density at radius 3 is 2.35 bits per heavy atom. The topological polar surface area (TPSA) is 102 Å². The van der Waals surface area contributed by atoms with E-state index in [-0.39, 0.29) is 12.0 Å². The lowest BCUT2D eigenvalue weighted by molar-refractivity contribution is 0.0220. The third-order valence-corrected chi connectivity index (χ3v) is 9.20. The van der Waals surface area contributed by atoms with Gasteiger partial charge in [-0.3, -0.25) is 4.79 Å². The SMILES string of the molecule is Cc1cc(C2CCC2)c(-c2nc3c([nH]2)CN(C(=O)OC(C)(C)C)CC3)cc1C(=O)N1CCC(c2ccc(C#N)cc2)CC1. The van der Waals surface area contributed by atoms with E-state index in [2.05, 4.69) is 30.1 Å². The van der Waals surface area contributed by atoms with E-state index in [1.54, 1.807) is 4.90 Å². The summed E-state index contributed by atoms with van der Waals surface area (Å²) in [5, 5.41) is 9.11. The lowest BCUT2D eigenvalue weighted by Gasteiger charge is -2.33. The summed E-state index contributed by atoms with van der Waals surface area (Å²) in [5.74, 6) is 1.72. The highest BCUT2D eigenvalue weighted by Crippen LogP contribution is 2.42. The van der Waals surface area contributed by atoms with Crippen molar-refractivity contribution in [3.8, 4) is 17.5 Å². The summed E-state index contributed by atoms with van der Waals surface area (Å²) in [5.41, 5.74) is 7.29. The van der Waals surface area contributed by atoms with E-state index < -0.39 is 5.60 Å². The molecule has 1 saturated carbocycles. The molecule has 8 heteroatoms. The van der Waals surface area contributed by atoms with Gasteiger partial charge in [-0.2, -0.15) is 5.26 Å². The summed E-state index contributed by atoms with van der Waals surface area (Å²) in [6.45, 7) is 10.1. The number of nitrogens with zero attached hydrogens (tertiary/aromatic N) is 4. The first-order valence-corrected chi connectivity index (χ1v) is 15.6. The first-order valence-electron chi connectivity index (χ1n) is 15.6. The van der Waals surface area contributed by atoms with Gasteiger partial charge in [-0.25, -0.2) is 9.78 Å². The van der Waals surface area contributed by atoms with Gasteiger partial charge in [0.1, 0.15) is 11.4 Å². The Morgan fingerprint density at radius 1 is 1.00 bits per heavy atom. The molecule has 1 aliphatic carbocycles. The Balaban J connectivity index is 1.23. The minimum atomic E-state index is -0.544. The second kappa shape index (κ2) is 11.5. The molecule has 2 amide bonds. The zero-order chi connectivity index (χ0) is 30.3. The fourth-order valence-corrected chi connectivity index (χ4v) is 6.54. The Bertz CT molecular complexity index is 1560. The molecule has 8 nitrogen and oxygen atoms in total. The number of hydrogen-bond donors (Lipinski definition) is 1. The fraction of sp³-hybridized carbons (Fsp3) is 0.486. The van der Waals surface area contributed by atoms with Crippen LogP contribution < -0.4 is 0 Å². The normalized spacial score (nSPS) is 17.7. The first-order chi connectivity index (χ1) is 20.6. The number of amides is 2. The van der Waals surface area contributed by atoms with Gasteiger partial charge in [-0.1, -0.05) is 24.6 Å². The van der Waals surface area contributed by atoms with E-state index in [0.29, 0.717) is 50.0 Å². The average Bonchev–Trinajstić information content (AvgIpc) is 3.39. The summed E-state index contributed by atoms with van der Waals surface area (Å²) < 4.78 is 5.61. The van der Waals surface area contributed by atoms with Crippen LogP contribution in [0.15, 0.2) is 36.4 Å². The number of aromatic nitrogens is 2. The zero-order valence-electron chi connectivity index (χ0n) is 25.7. The predicted octanol–water partition coefficient (Wildman–Crippen LogP) is 6.84. The molecule has 2 fully saturated rings. The molecule has 3 heterocycles. The van der Waals surface area contributed by atoms with Crippen molar-refractivity contribution >= 4 is 12.0 Å². The number of aromatic amines is 1. The van der Waals surface area contributed by atoms with Crippen molar-refractivity contribution in [2.75, 3.05) is 19.6 Å². The van der Waals surface area contributed by atoms with Crippen molar-refractivity contribution < 1.29 is 14.3 Å². The van der Waals surface area contributed by atoms with Gasteiger partial charge in [0.05, 0.1) is 29.6 Å². The van der Waals surface area contributed by atoms with Crippen LogP contribution >= 0.6 is 0 Å². The van der Waals surface area contributed by atoms with Crippen molar-refractivity contribution in [1.29, 1.82) is 5.26 Å². The Hall–Kier alpha value is -4.12. The number of benzene rings is 2. The standard InChI is InChI=1S/C35H41N5O3/c1-22-18-28(26-6-5-7-26)29(32-37-30-14-17-40(21-31(30)38-32)34(42)43-35(2,3)4)19-27(22)33(41)39-15-12-25(13-16-39)24-10-8-23(20-36)9-11-24/h8-11,18-19,25-26H,5-7,12-17,21H2,1-4H3,(H,37,38). The molecule has 224 valence electrons. The van der Waals surface area contributed by atoms with Crippen LogP contribution in [0.2, 0.25) is 0 Å². The predicted molar refractivity (Wildman–Crippen MR) is 165 cm³/mol. The number of rotatable bonds is 4. The molecular formula is C35H41N5O3. The number of nitrogens with one attached hydrogen (secondary N) is 1. The van der Waals surface area contributed by atoms with Crippen LogP contribution in [0.3, 0.4) is 0 Å². The number of fused-ring (bicyclic) bond motifs is 1. The van der Waals surface area contributed by atoms with Crippen molar-refractivity contribution in [2.24, 2.45) is 0 Å². The molecule has 0 atom stereocenters. The van der Waals surface area contributed by atoms with Gasteiger partial charge in [-0.05, 0) is 100 Å². The highest BCUT2D eigenvalue weighted by atomic mass is 16.6. The molecule has 0 spiro atoms. The maximum Gasteiger partial charge on any atom is 0.410 e. The number of imidazole rings is 1. The lowest BCUT2D eigenvalue weighted by atomic mass is 9.77. The zero-order valence-corrected chi connectivity index (χ0v) is 25.7. The maximum atomic E-state index is 13.9. The van der Waals surface area contributed by atoms with Gasteiger partial charge in [0.2, 0.25) is 0 Å². The highest BCUT2D eigenvalue weighted by molar-refractivity contribution is 5.97. The lowest BCUT2D eigenvalue weighted by Crippen LogP contribution is -2.39. The van der Waals surface area contributed by atoms with Crippen LogP contribution in [-0.4, -0.2) is 57.0 Å². The Kier molecular flexibility index (Phi) is 7.76. The van der Waals surface area contributed by atoms with Gasteiger partial charge >= 0.3 is 6.09 Å². The van der Waals surface area contributed by atoms with Crippen molar-refractivity contribution in [3.05, 3.63) is 75.6 Å². The van der Waals surface area contributed by atoms with Crippen molar-refractivity contribution in [2.45, 2.75) is 90.2 Å². The van der Waals surface area contributed by atoms with Crippen LogP contribution in [0.5, 0.6) is 0 Å². The molecule has 3 aliphatic rings. The van der Waals surface area contributed by atoms with E-state index in [1.165, 1.54) is 17.5 Å². The van der Waals surface area contributed by atoms with Crippen molar-refractivity contribution in [1.82, 2.24) is 19.8 Å². The number of hydrogen-bond acceptors (Lipinski definition) is 5. The molecular weight excluding hydrogens is 538 g/mol. The number of H-pyrrole nitrogens is 1. The van der Waals surface area contributed by atoms with Crippen LogP contribution in [0.25, 0.3) is 11.4 Å². The van der Waals surface area contributed by atoms with Gasteiger partial charge in [0.15, 0.2) is 0 Å². The number of ether oxygens (including phenoxy) is 1. The van der Waals surface area contributed by atoms with Crippen molar-refractivity contribution in [3.63, 3.8) is 0 Å². The average molecular weight is 580 g/mol. The van der Waals surface area contributed by atoms with Crippen LogP contribution in [0.4, 0.5) is 4.79 Å². The monoisotopic (exact) mass is 579 g/mol. The second-order valence-corrected chi connectivity index (χ2v) is 13.3. The number of carbonyl (C=O) groups excluding carboxylic acids is 2. The molecule has 3 aromatic rings. The first kappa shape index (κ1) is 29.0. The summed E-state index contributed by atoms with van der Waals surface area (Å²) >= 11 is 0. The van der Waals surface area contributed by atoms with Crippen LogP contribution in [0.1, 0.15) is 109 Å². The summed E-state index contributed by atoms with van der Waals surface area (Å²) in [7, 11) is 0. The fourth-order valence-electron chi connectivity index (χ4n) is 6.54. The Labute approximate surface area is 254 Å². The van der Waals surface area contributed by atoms with E-state index >= 15 is 0 Å². The minimum Gasteiger partial charge on any atom is -0.444 e.